The molecule has 0 fully saturated rings. The molecule has 0 aromatic heterocycles. The third kappa shape index (κ3) is 7.50. The average Bonchev–Trinajstić information content (AvgIpc) is 1.84. The zero-order chi connectivity index (χ0) is 9.61. The van der Waals surface area contributed by atoms with Crippen molar-refractivity contribution in [2.75, 3.05) is 19.8 Å². The van der Waals surface area contributed by atoms with E-state index in [1.54, 1.807) is 0 Å². The van der Waals surface area contributed by atoms with Crippen molar-refractivity contribution >= 4 is 5.91 Å². The Kier molecular flexibility index (Phi) is 4.85. The number of hydrogen-bond donors (Lipinski definition) is 2. The van der Waals surface area contributed by atoms with Crippen LogP contribution in [0, 0.1) is 0 Å². The van der Waals surface area contributed by atoms with Gasteiger partial charge in [0.15, 0.2) is 0 Å². The molecule has 4 nitrogen and oxygen atoms in total. The maximum atomic E-state index is 11.1. The minimum absolute atomic E-state index is 0.0917. The van der Waals surface area contributed by atoms with Gasteiger partial charge in [0.2, 0.25) is 5.91 Å². The Bertz CT molecular complexity index is 140. The molecule has 0 rings (SSSR count). The van der Waals surface area contributed by atoms with Gasteiger partial charge in [-0.1, -0.05) is 0 Å². The summed E-state index contributed by atoms with van der Waals surface area (Å²) in [6, 6.07) is 0. The monoisotopic (exact) mass is 174 g/mol. The number of carbonyl (C=O) groups is 1. The van der Waals surface area contributed by atoms with Crippen molar-refractivity contribution in [3.05, 3.63) is 0 Å². The van der Waals surface area contributed by atoms with Gasteiger partial charge in [-0.25, -0.2) is 0 Å². The second-order valence-electron chi connectivity index (χ2n) is 3.64. The quantitative estimate of drug-likeness (QED) is 0.584. The van der Waals surface area contributed by atoms with Crippen LogP contribution in [0.5, 0.6) is 0 Å². The van der Waals surface area contributed by atoms with Gasteiger partial charge in [0, 0.05) is 12.1 Å². The third-order valence-corrected chi connectivity index (χ3v) is 1.01. The number of carbonyl (C=O) groups excluding carboxylic acids is 1. The first-order valence-corrected chi connectivity index (χ1v) is 4.04. The van der Waals surface area contributed by atoms with E-state index in [4.69, 9.17) is 10.5 Å². The Morgan fingerprint density at radius 1 is 1.50 bits per heavy atom. The Morgan fingerprint density at radius 2 is 2.08 bits per heavy atom. The summed E-state index contributed by atoms with van der Waals surface area (Å²) in [7, 11) is 0. The molecule has 0 aromatic carbocycles. The highest BCUT2D eigenvalue weighted by Gasteiger charge is 2.12. The molecule has 0 saturated carbocycles. The predicted molar refractivity (Wildman–Crippen MR) is 47.8 cm³/mol. The summed E-state index contributed by atoms with van der Waals surface area (Å²) in [6.07, 6.45) is 0. The van der Waals surface area contributed by atoms with Crippen molar-refractivity contribution in [2.45, 2.75) is 26.3 Å². The van der Waals surface area contributed by atoms with Gasteiger partial charge < -0.3 is 15.8 Å². The fourth-order valence-corrected chi connectivity index (χ4v) is 0.703. The molecular formula is C8H18N2O2. The SMILES string of the molecule is CC(C)(C)NC(=O)COCCN. The van der Waals surface area contributed by atoms with Crippen LogP contribution in [0.1, 0.15) is 20.8 Å². The van der Waals surface area contributed by atoms with Gasteiger partial charge in [0.05, 0.1) is 6.61 Å². The molecule has 0 heterocycles. The summed E-state index contributed by atoms with van der Waals surface area (Å²) >= 11 is 0. The largest absolute Gasteiger partial charge is 0.370 e. The number of nitrogens with two attached hydrogens (primary N) is 1. The number of nitrogens with one attached hydrogen (secondary N) is 1. The van der Waals surface area contributed by atoms with Gasteiger partial charge >= 0.3 is 0 Å². The summed E-state index contributed by atoms with van der Waals surface area (Å²) in [5.41, 5.74) is 4.99. The average molecular weight is 174 g/mol. The molecule has 0 unspecified atom stereocenters. The summed E-state index contributed by atoms with van der Waals surface area (Å²) in [4.78, 5) is 11.1. The first-order chi connectivity index (χ1) is 5.45. The molecule has 0 bridgehead atoms. The van der Waals surface area contributed by atoms with Crippen molar-refractivity contribution < 1.29 is 9.53 Å². The van der Waals surface area contributed by atoms with E-state index >= 15 is 0 Å². The highest BCUT2D eigenvalue weighted by Crippen LogP contribution is 1.97. The number of amides is 1. The van der Waals surface area contributed by atoms with E-state index in [1.807, 2.05) is 20.8 Å². The maximum Gasteiger partial charge on any atom is 0.246 e. The van der Waals surface area contributed by atoms with Crippen molar-refractivity contribution in [1.29, 1.82) is 0 Å². The predicted octanol–water partition coefficient (Wildman–Crippen LogP) is -0.124. The molecule has 72 valence electrons. The molecule has 0 atom stereocenters. The standard InChI is InChI=1S/C8H18N2O2/c1-8(2,3)10-7(11)6-12-5-4-9/h4-6,9H2,1-3H3,(H,10,11). The lowest BCUT2D eigenvalue weighted by molar-refractivity contribution is -0.127. The van der Waals surface area contributed by atoms with Crippen molar-refractivity contribution in [3.63, 3.8) is 0 Å². The van der Waals surface area contributed by atoms with E-state index < -0.39 is 0 Å². The van der Waals surface area contributed by atoms with E-state index in [-0.39, 0.29) is 18.1 Å². The van der Waals surface area contributed by atoms with Crippen molar-refractivity contribution in [3.8, 4) is 0 Å². The smallest absolute Gasteiger partial charge is 0.246 e. The van der Waals surface area contributed by atoms with Gasteiger partial charge in [-0.15, -0.1) is 0 Å². The normalized spacial score (nSPS) is 11.3. The fraction of sp³-hybridized carbons (Fsp3) is 0.875. The minimum atomic E-state index is -0.191. The van der Waals surface area contributed by atoms with Crippen LogP contribution in [-0.4, -0.2) is 31.2 Å². The topological polar surface area (TPSA) is 64.3 Å². The zero-order valence-corrected chi connectivity index (χ0v) is 8.02. The van der Waals surface area contributed by atoms with Crippen molar-refractivity contribution in [2.24, 2.45) is 5.73 Å². The Balaban J connectivity index is 3.47. The molecule has 0 radical (unpaired) electrons. The molecule has 0 saturated heterocycles. The third-order valence-electron chi connectivity index (χ3n) is 1.01. The fourth-order valence-electron chi connectivity index (χ4n) is 0.703. The van der Waals surface area contributed by atoms with E-state index in [9.17, 15) is 4.79 Å². The van der Waals surface area contributed by atoms with E-state index in [0.717, 1.165) is 0 Å². The molecule has 0 aliphatic heterocycles. The van der Waals surface area contributed by atoms with Gasteiger partial charge in [0.1, 0.15) is 6.61 Å². The lowest BCUT2D eigenvalue weighted by Gasteiger charge is -2.20. The molecule has 12 heavy (non-hydrogen) atoms. The van der Waals surface area contributed by atoms with Gasteiger partial charge in [-0.05, 0) is 20.8 Å². The molecule has 3 N–H and O–H groups in total. The Labute approximate surface area is 73.5 Å². The summed E-state index contributed by atoms with van der Waals surface area (Å²) in [6.45, 7) is 6.74. The summed E-state index contributed by atoms with van der Waals surface area (Å²) in [5, 5.41) is 2.77. The van der Waals surface area contributed by atoms with Gasteiger partial charge in [0.25, 0.3) is 0 Å². The van der Waals surface area contributed by atoms with E-state index in [0.29, 0.717) is 13.2 Å². The first kappa shape index (κ1) is 11.4. The number of ether oxygens (including phenoxy) is 1. The second kappa shape index (κ2) is 5.11. The zero-order valence-electron chi connectivity index (χ0n) is 8.02. The van der Waals surface area contributed by atoms with E-state index in [2.05, 4.69) is 5.32 Å². The van der Waals surface area contributed by atoms with E-state index in [1.165, 1.54) is 0 Å². The lowest BCUT2D eigenvalue weighted by Crippen LogP contribution is -2.42. The number of hydrogen-bond acceptors (Lipinski definition) is 3. The summed E-state index contributed by atoms with van der Waals surface area (Å²) < 4.78 is 4.95. The second-order valence-corrected chi connectivity index (χ2v) is 3.64. The Morgan fingerprint density at radius 3 is 2.50 bits per heavy atom. The van der Waals surface area contributed by atoms with Crippen LogP contribution in [0.25, 0.3) is 0 Å². The first-order valence-electron chi connectivity index (χ1n) is 4.04. The molecule has 0 aliphatic carbocycles. The van der Waals surface area contributed by atoms with Crippen LogP contribution in [-0.2, 0) is 9.53 Å². The number of rotatable bonds is 4. The van der Waals surface area contributed by atoms with Crippen LogP contribution >= 0.6 is 0 Å². The molecule has 0 aliphatic rings. The van der Waals surface area contributed by atoms with Gasteiger partial charge in [-0.2, -0.15) is 0 Å². The highest BCUT2D eigenvalue weighted by atomic mass is 16.5. The van der Waals surface area contributed by atoms with Crippen LogP contribution in [0.15, 0.2) is 0 Å². The molecule has 0 spiro atoms. The summed E-state index contributed by atoms with van der Waals surface area (Å²) in [5.74, 6) is -0.101. The highest BCUT2D eigenvalue weighted by molar-refractivity contribution is 5.77. The molecule has 0 aromatic rings. The lowest BCUT2D eigenvalue weighted by atomic mass is 10.1. The van der Waals surface area contributed by atoms with Crippen LogP contribution in [0.3, 0.4) is 0 Å². The molecular weight excluding hydrogens is 156 g/mol. The Hall–Kier alpha value is -0.610. The van der Waals surface area contributed by atoms with Crippen LogP contribution in [0.2, 0.25) is 0 Å². The molecule has 1 amide bonds. The molecule has 4 heteroatoms. The minimum Gasteiger partial charge on any atom is -0.370 e. The van der Waals surface area contributed by atoms with Crippen LogP contribution in [0.4, 0.5) is 0 Å². The van der Waals surface area contributed by atoms with Gasteiger partial charge in [-0.3, -0.25) is 4.79 Å². The maximum absolute atomic E-state index is 11.1. The van der Waals surface area contributed by atoms with Crippen LogP contribution < -0.4 is 11.1 Å². The van der Waals surface area contributed by atoms with Crippen molar-refractivity contribution in [1.82, 2.24) is 5.32 Å².